The third-order valence-electron chi connectivity index (χ3n) is 8.44. The van der Waals surface area contributed by atoms with Crippen LogP contribution in [0.3, 0.4) is 0 Å². The maximum Gasteiger partial charge on any atom is 2.00 e. The molecule has 4 heterocycles. The van der Waals surface area contributed by atoms with Crippen molar-refractivity contribution in [2.75, 3.05) is 0 Å². The van der Waals surface area contributed by atoms with E-state index in [0.29, 0.717) is 11.6 Å². The molecule has 6 nitrogen and oxygen atoms in total. The van der Waals surface area contributed by atoms with Crippen LogP contribution in [0.25, 0.3) is 28.1 Å². The predicted molar refractivity (Wildman–Crippen MR) is 176 cm³/mol. The molecule has 0 atom stereocenters. The number of pyridine rings is 1. The Morgan fingerprint density at radius 1 is 0.739 bits per heavy atom. The first-order chi connectivity index (χ1) is 22.1. The molecule has 0 amide bonds. The Kier molecular flexibility index (Phi) is 6.81. The van der Waals surface area contributed by atoms with E-state index in [9.17, 15) is 0 Å². The van der Waals surface area contributed by atoms with Crippen LogP contribution in [-0.4, -0.2) is 21.2 Å². The standard InChI is InChI=1S/C38H24BN3O3.Pt/c1-23-20-24(2)37-35-36(23)44-32-17-15-25(38-41-30-12-6-7-13-31(30)42(38)26-10-4-3-5-11-26)21-28(32)39(35)29-22-27(16-18-33(29)45-37)43-34-14-8-9-19-40-34;/h3-20H,1-2H3;/q-2;+2. The Balaban J connectivity index is 0.00000312. The Morgan fingerprint density at radius 2 is 1.43 bits per heavy atom. The minimum atomic E-state index is -0.247. The zero-order chi connectivity index (χ0) is 30.1. The molecule has 9 rings (SSSR count). The van der Waals surface area contributed by atoms with E-state index in [0.717, 1.165) is 78.6 Å². The van der Waals surface area contributed by atoms with E-state index in [-0.39, 0.29) is 27.8 Å². The largest absolute Gasteiger partial charge is 2.00 e. The monoisotopic (exact) mass is 776 g/mol. The van der Waals surface area contributed by atoms with Gasteiger partial charge in [-0.2, -0.15) is 0 Å². The second kappa shape index (κ2) is 11.0. The van der Waals surface area contributed by atoms with Gasteiger partial charge in [-0.05, 0) is 61.4 Å². The van der Waals surface area contributed by atoms with Crippen LogP contribution in [0.2, 0.25) is 0 Å². The second-order valence-electron chi connectivity index (χ2n) is 11.3. The van der Waals surface area contributed by atoms with Crippen molar-refractivity contribution < 1.29 is 35.3 Å². The Bertz CT molecular complexity index is 2270. The summed E-state index contributed by atoms with van der Waals surface area (Å²) in [6, 6.07) is 41.4. The molecule has 2 aromatic heterocycles. The van der Waals surface area contributed by atoms with Crippen LogP contribution in [0.15, 0.2) is 109 Å². The molecule has 0 spiro atoms. The quantitative estimate of drug-likeness (QED) is 0.145. The predicted octanol–water partition coefficient (Wildman–Crippen LogP) is 6.82. The molecule has 46 heavy (non-hydrogen) atoms. The van der Waals surface area contributed by atoms with Crippen molar-refractivity contribution in [3.8, 4) is 51.7 Å². The minimum absolute atomic E-state index is 0. The van der Waals surface area contributed by atoms with E-state index < -0.39 is 0 Å². The number of nitrogens with zero attached hydrogens (tertiary/aromatic N) is 3. The summed E-state index contributed by atoms with van der Waals surface area (Å²) in [4.78, 5) is 9.43. The molecule has 0 fully saturated rings. The number of rotatable bonds is 4. The number of imidazole rings is 1. The van der Waals surface area contributed by atoms with Crippen LogP contribution in [0, 0.1) is 26.0 Å². The van der Waals surface area contributed by atoms with Gasteiger partial charge in [0.05, 0.1) is 16.9 Å². The fourth-order valence-electron chi connectivity index (χ4n) is 6.51. The molecule has 0 saturated carbocycles. The second-order valence-corrected chi connectivity index (χ2v) is 11.3. The van der Waals surface area contributed by atoms with E-state index in [4.69, 9.17) is 19.2 Å². The first-order valence-corrected chi connectivity index (χ1v) is 14.9. The zero-order valence-electron chi connectivity index (χ0n) is 24.9. The molecular formula is C38H24BN3O3Pt. The number of para-hydroxylation sites is 3. The Hall–Kier alpha value is -5.13. The van der Waals surface area contributed by atoms with Crippen molar-refractivity contribution in [3.63, 3.8) is 0 Å². The zero-order valence-corrected chi connectivity index (χ0v) is 27.1. The molecule has 7 aromatic rings. The average Bonchev–Trinajstić information content (AvgIpc) is 3.47. The Morgan fingerprint density at radius 3 is 2.20 bits per heavy atom. The van der Waals surface area contributed by atoms with Crippen LogP contribution in [0.4, 0.5) is 0 Å². The van der Waals surface area contributed by atoms with Crippen LogP contribution < -0.4 is 30.6 Å². The first-order valence-electron chi connectivity index (χ1n) is 14.9. The van der Waals surface area contributed by atoms with E-state index in [1.54, 1.807) is 6.20 Å². The van der Waals surface area contributed by atoms with Crippen molar-refractivity contribution in [1.82, 2.24) is 14.5 Å². The molecule has 0 bridgehead atoms. The molecule has 222 valence electrons. The minimum Gasteiger partial charge on any atom is -0.517 e. The molecule has 2 aliphatic rings. The number of fused-ring (bicyclic) bond motifs is 5. The summed E-state index contributed by atoms with van der Waals surface area (Å²) < 4.78 is 21.5. The van der Waals surface area contributed by atoms with Crippen molar-refractivity contribution in [1.29, 1.82) is 0 Å². The molecule has 0 aliphatic carbocycles. The third-order valence-corrected chi connectivity index (χ3v) is 8.44. The number of hydrogen-bond donors (Lipinski definition) is 0. The number of aryl methyl sites for hydroxylation is 2. The molecule has 0 unspecified atom stereocenters. The first kappa shape index (κ1) is 28.4. The molecule has 8 heteroatoms. The van der Waals surface area contributed by atoms with Crippen LogP contribution in [-0.2, 0) is 21.1 Å². The third kappa shape index (κ3) is 4.46. The summed E-state index contributed by atoms with van der Waals surface area (Å²) in [5, 5.41) is 0. The topological polar surface area (TPSA) is 58.4 Å². The van der Waals surface area contributed by atoms with Gasteiger partial charge in [-0.25, -0.2) is 4.98 Å². The summed E-state index contributed by atoms with van der Waals surface area (Å²) in [7, 11) is 0. The van der Waals surface area contributed by atoms with Gasteiger partial charge >= 0.3 is 21.1 Å². The summed E-state index contributed by atoms with van der Waals surface area (Å²) in [6.45, 7) is 3.90. The van der Waals surface area contributed by atoms with Gasteiger partial charge in [0.1, 0.15) is 11.5 Å². The van der Waals surface area contributed by atoms with Gasteiger partial charge in [0.15, 0.2) is 0 Å². The molecule has 0 radical (unpaired) electrons. The smallest absolute Gasteiger partial charge is 0.517 e. The van der Waals surface area contributed by atoms with Gasteiger partial charge in [0.25, 0.3) is 0 Å². The van der Waals surface area contributed by atoms with E-state index in [1.807, 2.05) is 78.9 Å². The summed E-state index contributed by atoms with van der Waals surface area (Å²) in [5.74, 6) is 4.94. The summed E-state index contributed by atoms with van der Waals surface area (Å²) >= 11 is 0. The maximum atomic E-state index is 6.62. The number of ether oxygens (including phenoxy) is 3. The van der Waals surface area contributed by atoms with Crippen molar-refractivity contribution in [2.45, 2.75) is 13.8 Å². The van der Waals surface area contributed by atoms with Crippen LogP contribution in [0.1, 0.15) is 11.1 Å². The van der Waals surface area contributed by atoms with Gasteiger partial charge in [-0.1, -0.05) is 36.4 Å². The van der Waals surface area contributed by atoms with E-state index >= 15 is 0 Å². The molecule has 2 aliphatic heterocycles. The van der Waals surface area contributed by atoms with Gasteiger partial charge in [-0.15, -0.1) is 52.9 Å². The number of benzene rings is 5. The van der Waals surface area contributed by atoms with Gasteiger partial charge in [-0.3, -0.25) is 4.98 Å². The van der Waals surface area contributed by atoms with Crippen molar-refractivity contribution >= 4 is 34.1 Å². The van der Waals surface area contributed by atoms with E-state index in [1.165, 1.54) is 0 Å². The van der Waals surface area contributed by atoms with Crippen molar-refractivity contribution in [3.05, 3.63) is 133 Å². The molecule has 5 aromatic carbocycles. The SMILES string of the molecule is Cc1cc(C)c2c3c1Oc1ccc(Oc4ccccn4)[c-]c1B3c1[c-]c(-c3nc4ccccc4n3-c3ccccc3)ccc1O2.[Pt+2]. The van der Waals surface area contributed by atoms with Crippen LogP contribution in [0.5, 0.6) is 34.6 Å². The fourth-order valence-corrected chi connectivity index (χ4v) is 6.51. The van der Waals surface area contributed by atoms with Gasteiger partial charge in [0, 0.05) is 40.7 Å². The van der Waals surface area contributed by atoms with Crippen LogP contribution >= 0.6 is 0 Å². The number of aromatic nitrogens is 3. The van der Waals surface area contributed by atoms with Gasteiger partial charge < -0.3 is 18.8 Å². The fraction of sp³-hybridized carbons (Fsp3) is 0.0526. The summed E-state index contributed by atoms with van der Waals surface area (Å²) in [5.41, 5.74) is 8.66. The number of hydrogen-bond acceptors (Lipinski definition) is 5. The van der Waals surface area contributed by atoms with Crippen molar-refractivity contribution in [2.24, 2.45) is 0 Å². The summed E-state index contributed by atoms with van der Waals surface area (Å²) in [6.07, 6.45) is 1.71. The Labute approximate surface area is 281 Å². The average molecular weight is 777 g/mol. The van der Waals surface area contributed by atoms with E-state index in [2.05, 4.69) is 59.8 Å². The molecular weight excluding hydrogens is 752 g/mol. The normalized spacial score (nSPS) is 12.3. The van der Waals surface area contributed by atoms with Gasteiger partial charge in [0.2, 0.25) is 12.6 Å². The molecule has 0 saturated heterocycles. The molecule has 0 N–H and O–H groups in total. The maximum absolute atomic E-state index is 6.62.